The van der Waals surface area contributed by atoms with Gasteiger partial charge in [0.25, 0.3) is 0 Å². The topological polar surface area (TPSA) is 43.1 Å². The molecule has 1 aromatic rings. The Morgan fingerprint density at radius 3 is 2.83 bits per heavy atom. The molecule has 2 heteroatoms. The van der Waals surface area contributed by atoms with Crippen molar-refractivity contribution in [1.82, 2.24) is 0 Å². The van der Waals surface area contributed by atoms with E-state index >= 15 is 0 Å². The summed E-state index contributed by atoms with van der Waals surface area (Å²) in [6, 6.07) is 7.08. The fraction of sp³-hybridized carbons (Fsp3) is 0. The molecule has 0 aliphatic carbocycles. The third-order valence-corrected chi connectivity index (χ3v) is 1.48. The normalized spacial score (nSPS) is 10.4. The highest BCUT2D eigenvalue weighted by atomic mass is 16.1. The molecule has 2 N–H and O–H groups in total. The molecule has 0 aliphatic rings. The molecule has 0 fully saturated rings. The van der Waals surface area contributed by atoms with Crippen LogP contribution in [0.1, 0.15) is 15.9 Å². The summed E-state index contributed by atoms with van der Waals surface area (Å²) < 4.78 is 0. The summed E-state index contributed by atoms with van der Waals surface area (Å²) in [6.07, 6.45) is 3.48. The maximum atomic E-state index is 10.7. The van der Waals surface area contributed by atoms with Gasteiger partial charge in [-0.05, 0) is 24.6 Å². The van der Waals surface area contributed by atoms with Gasteiger partial charge in [-0.1, -0.05) is 24.3 Å². The zero-order valence-electron chi connectivity index (χ0n) is 6.66. The number of amides is 1. The van der Waals surface area contributed by atoms with E-state index in [1.807, 2.05) is 12.1 Å². The molecule has 1 rings (SSSR count). The van der Waals surface area contributed by atoms with E-state index in [1.54, 1.807) is 24.3 Å². The number of hydrogen-bond donors (Lipinski definition) is 1. The lowest BCUT2D eigenvalue weighted by Crippen LogP contribution is -2.10. The molecule has 1 radical (unpaired) electrons. The molecule has 0 spiro atoms. The Kier molecular flexibility index (Phi) is 2.64. The minimum atomic E-state index is -0.408. The van der Waals surface area contributed by atoms with Gasteiger partial charge < -0.3 is 5.73 Å². The molecule has 0 saturated heterocycles. The molecule has 2 nitrogen and oxygen atoms in total. The lowest BCUT2D eigenvalue weighted by Gasteiger charge is -1.96. The summed E-state index contributed by atoms with van der Waals surface area (Å²) in [4.78, 5) is 10.7. The predicted molar refractivity (Wildman–Crippen MR) is 49.4 cm³/mol. The predicted octanol–water partition coefficient (Wildman–Crippen LogP) is 1.63. The molecule has 1 aromatic carbocycles. The number of carbonyl (C=O) groups is 1. The lowest BCUT2D eigenvalue weighted by molar-refractivity contribution is 0.100. The number of hydrogen-bond acceptors (Lipinski definition) is 1. The Labute approximate surface area is 71.7 Å². The quantitative estimate of drug-likeness (QED) is 0.702. The molecular formula is C10H10NO. The van der Waals surface area contributed by atoms with Crippen molar-refractivity contribution in [2.24, 2.45) is 5.73 Å². The Bertz CT molecular complexity index is 315. The van der Waals surface area contributed by atoms with Crippen LogP contribution in [0, 0.1) is 6.92 Å². The number of benzene rings is 1. The molecule has 1 amide bonds. The van der Waals surface area contributed by atoms with Crippen molar-refractivity contribution in [2.75, 3.05) is 0 Å². The smallest absolute Gasteiger partial charge is 0.248 e. The zero-order valence-corrected chi connectivity index (χ0v) is 6.66. The van der Waals surface area contributed by atoms with E-state index in [0.717, 1.165) is 5.56 Å². The molecule has 0 saturated carbocycles. The summed E-state index contributed by atoms with van der Waals surface area (Å²) >= 11 is 0. The van der Waals surface area contributed by atoms with Crippen LogP contribution in [0.15, 0.2) is 30.3 Å². The SMILES string of the molecule is [CH2]/C=C/c1cccc(C(N)=O)c1. The van der Waals surface area contributed by atoms with Gasteiger partial charge in [-0.3, -0.25) is 4.79 Å². The first-order chi connectivity index (χ1) is 5.74. The highest BCUT2D eigenvalue weighted by Gasteiger charge is 1.98. The van der Waals surface area contributed by atoms with Gasteiger partial charge in [0.15, 0.2) is 0 Å². The Morgan fingerprint density at radius 1 is 1.50 bits per heavy atom. The van der Waals surface area contributed by atoms with Crippen molar-refractivity contribution in [3.05, 3.63) is 48.4 Å². The van der Waals surface area contributed by atoms with Gasteiger partial charge in [-0.2, -0.15) is 0 Å². The van der Waals surface area contributed by atoms with Crippen molar-refractivity contribution < 1.29 is 4.79 Å². The first-order valence-electron chi connectivity index (χ1n) is 3.59. The summed E-state index contributed by atoms with van der Waals surface area (Å²) in [5, 5.41) is 0. The largest absolute Gasteiger partial charge is 0.366 e. The van der Waals surface area contributed by atoms with E-state index in [4.69, 9.17) is 5.73 Å². The second-order valence-electron chi connectivity index (χ2n) is 2.39. The highest BCUT2D eigenvalue weighted by molar-refractivity contribution is 5.93. The standard InChI is InChI=1S/C10H10NO/c1-2-4-8-5-3-6-9(7-8)10(11)12/h2-7H,1H2,(H2,11,12)/b4-2+. The van der Waals surface area contributed by atoms with E-state index in [0.29, 0.717) is 5.56 Å². The molecule has 12 heavy (non-hydrogen) atoms. The second kappa shape index (κ2) is 3.72. The average Bonchev–Trinajstić information content (AvgIpc) is 2.05. The van der Waals surface area contributed by atoms with Crippen molar-refractivity contribution in [3.63, 3.8) is 0 Å². The summed E-state index contributed by atoms with van der Waals surface area (Å²) in [7, 11) is 0. The highest BCUT2D eigenvalue weighted by Crippen LogP contribution is 2.05. The number of rotatable bonds is 2. The van der Waals surface area contributed by atoms with Crippen LogP contribution in [0.2, 0.25) is 0 Å². The van der Waals surface area contributed by atoms with Crippen LogP contribution in [0.25, 0.3) is 6.08 Å². The van der Waals surface area contributed by atoms with E-state index in [9.17, 15) is 4.79 Å². The maximum Gasteiger partial charge on any atom is 0.248 e. The molecule has 0 bridgehead atoms. The Hall–Kier alpha value is -1.57. The molecular weight excluding hydrogens is 150 g/mol. The zero-order chi connectivity index (χ0) is 8.97. The fourth-order valence-corrected chi connectivity index (χ4v) is 0.932. The first-order valence-corrected chi connectivity index (χ1v) is 3.59. The first kappa shape index (κ1) is 8.53. The third-order valence-electron chi connectivity index (χ3n) is 1.48. The Morgan fingerprint density at radius 2 is 2.25 bits per heavy atom. The van der Waals surface area contributed by atoms with Gasteiger partial charge in [-0.25, -0.2) is 0 Å². The van der Waals surface area contributed by atoms with Gasteiger partial charge in [0, 0.05) is 5.56 Å². The van der Waals surface area contributed by atoms with Crippen LogP contribution in [-0.4, -0.2) is 5.91 Å². The van der Waals surface area contributed by atoms with Crippen molar-refractivity contribution in [3.8, 4) is 0 Å². The van der Waals surface area contributed by atoms with E-state index in [2.05, 4.69) is 6.92 Å². The van der Waals surface area contributed by atoms with Gasteiger partial charge in [-0.15, -0.1) is 0 Å². The van der Waals surface area contributed by atoms with Crippen molar-refractivity contribution >= 4 is 12.0 Å². The summed E-state index contributed by atoms with van der Waals surface area (Å²) in [5.41, 5.74) is 6.55. The van der Waals surface area contributed by atoms with Crippen LogP contribution in [0.5, 0.6) is 0 Å². The second-order valence-corrected chi connectivity index (χ2v) is 2.39. The molecule has 0 aromatic heterocycles. The average molecular weight is 160 g/mol. The minimum absolute atomic E-state index is 0.408. The molecule has 0 unspecified atom stereocenters. The van der Waals surface area contributed by atoms with E-state index in [1.165, 1.54) is 0 Å². The van der Waals surface area contributed by atoms with Crippen LogP contribution >= 0.6 is 0 Å². The lowest BCUT2D eigenvalue weighted by atomic mass is 10.1. The van der Waals surface area contributed by atoms with Gasteiger partial charge in [0.2, 0.25) is 5.91 Å². The van der Waals surface area contributed by atoms with Crippen LogP contribution < -0.4 is 5.73 Å². The van der Waals surface area contributed by atoms with Crippen molar-refractivity contribution in [2.45, 2.75) is 0 Å². The van der Waals surface area contributed by atoms with Gasteiger partial charge in [0.1, 0.15) is 0 Å². The molecule has 0 aliphatic heterocycles. The van der Waals surface area contributed by atoms with Crippen LogP contribution in [-0.2, 0) is 0 Å². The van der Waals surface area contributed by atoms with Gasteiger partial charge >= 0.3 is 0 Å². The Balaban J connectivity index is 3.03. The number of carbonyl (C=O) groups excluding carboxylic acids is 1. The van der Waals surface area contributed by atoms with Crippen molar-refractivity contribution in [1.29, 1.82) is 0 Å². The van der Waals surface area contributed by atoms with Gasteiger partial charge in [0.05, 0.1) is 0 Å². The van der Waals surface area contributed by atoms with E-state index < -0.39 is 5.91 Å². The monoisotopic (exact) mass is 160 g/mol. The molecule has 61 valence electrons. The molecule has 0 heterocycles. The number of primary amides is 1. The summed E-state index contributed by atoms with van der Waals surface area (Å²) in [6.45, 7) is 3.56. The number of allylic oxidation sites excluding steroid dienone is 1. The minimum Gasteiger partial charge on any atom is -0.366 e. The van der Waals surface area contributed by atoms with Crippen LogP contribution in [0.4, 0.5) is 0 Å². The summed E-state index contributed by atoms with van der Waals surface area (Å²) in [5.74, 6) is -0.408. The third kappa shape index (κ3) is 1.95. The van der Waals surface area contributed by atoms with E-state index in [-0.39, 0.29) is 0 Å². The maximum absolute atomic E-state index is 10.7. The molecule has 0 atom stereocenters. The number of nitrogens with two attached hydrogens (primary N) is 1. The van der Waals surface area contributed by atoms with Crippen LogP contribution in [0.3, 0.4) is 0 Å². The fourth-order valence-electron chi connectivity index (χ4n) is 0.932.